The van der Waals surface area contributed by atoms with Gasteiger partial charge in [-0.05, 0) is 6.42 Å². The SMILES string of the molecule is CCCCC[C@@H](CO)C(O)OC(C)=O. The van der Waals surface area contributed by atoms with Crippen molar-refractivity contribution in [1.29, 1.82) is 0 Å². The summed E-state index contributed by atoms with van der Waals surface area (Å²) in [7, 11) is 0. The van der Waals surface area contributed by atoms with Crippen LogP contribution in [0.4, 0.5) is 0 Å². The largest absolute Gasteiger partial charge is 0.436 e. The number of esters is 1. The molecule has 1 unspecified atom stereocenters. The van der Waals surface area contributed by atoms with Gasteiger partial charge in [-0.1, -0.05) is 26.2 Å². The minimum atomic E-state index is -1.17. The number of carbonyl (C=O) groups is 1. The van der Waals surface area contributed by atoms with E-state index < -0.39 is 12.3 Å². The maximum absolute atomic E-state index is 10.5. The van der Waals surface area contributed by atoms with E-state index in [4.69, 9.17) is 5.11 Å². The van der Waals surface area contributed by atoms with Crippen molar-refractivity contribution in [2.24, 2.45) is 5.92 Å². The Morgan fingerprint density at radius 3 is 2.50 bits per heavy atom. The lowest BCUT2D eigenvalue weighted by molar-refractivity contribution is -0.177. The topological polar surface area (TPSA) is 66.8 Å². The van der Waals surface area contributed by atoms with Crippen LogP contribution in [0.25, 0.3) is 0 Å². The minimum absolute atomic E-state index is 0.155. The highest BCUT2D eigenvalue weighted by Gasteiger charge is 2.20. The summed E-state index contributed by atoms with van der Waals surface area (Å²) in [5.41, 5.74) is 0. The molecule has 0 rings (SSSR count). The summed E-state index contributed by atoms with van der Waals surface area (Å²) in [6.45, 7) is 3.16. The van der Waals surface area contributed by atoms with Crippen LogP contribution in [-0.2, 0) is 9.53 Å². The molecule has 0 amide bonds. The molecule has 14 heavy (non-hydrogen) atoms. The Morgan fingerprint density at radius 2 is 2.07 bits per heavy atom. The first-order valence-electron chi connectivity index (χ1n) is 5.08. The molecule has 4 heteroatoms. The maximum atomic E-state index is 10.5. The Kier molecular flexibility index (Phi) is 7.42. The monoisotopic (exact) mass is 204 g/mol. The first-order valence-corrected chi connectivity index (χ1v) is 5.08. The molecule has 0 heterocycles. The van der Waals surface area contributed by atoms with Gasteiger partial charge in [0.05, 0.1) is 6.61 Å². The van der Waals surface area contributed by atoms with Crippen molar-refractivity contribution in [3.05, 3.63) is 0 Å². The molecule has 0 aliphatic carbocycles. The van der Waals surface area contributed by atoms with Crippen molar-refractivity contribution in [1.82, 2.24) is 0 Å². The summed E-state index contributed by atoms with van der Waals surface area (Å²) in [5, 5.41) is 18.3. The van der Waals surface area contributed by atoms with E-state index in [2.05, 4.69) is 11.7 Å². The highest BCUT2D eigenvalue weighted by atomic mass is 16.6. The summed E-state index contributed by atoms with van der Waals surface area (Å²) >= 11 is 0. The Labute approximate surface area is 84.9 Å². The van der Waals surface area contributed by atoms with Gasteiger partial charge in [0, 0.05) is 12.8 Å². The van der Waals surface area contributed by atoms with Crippen LogP contribution in [0, 0.1) is 5.92 Å². The highest BCUT2D eigenvalue weighted by Crippen LogP contribution is 2.14. The van der Waals surface area contributed by atoms with E-state index in [1.807, 2.05) is 0 Å². The van der Waals surface area contributed by atoms with Gasteiger partial charge in [0.1, 0.15) is 0 Å². The van der Waals surface area contributed by atoms with Gasteiger partial charge >= 0.3 is 5.97 Å². The van der Waals surface area contributed by atoms with Crippen molar-refractivity contribution in [3.63, 3.8) is 0 Å². The highest BCUT2D eigenvalue weighted by molar-refractivity contribution is 5.66. The summed E-state index contributed by atoms with van der Waals surface area (Å²) in [6, 6.07) is 0. The third kappa shape index (κ3) is 5.94. The first-order chi connectivity index (χ1) is 6.61. The lowest BCUT2D eigenvalue weighted by Gasteiger charge is -2.19. The second-order valence-electron chi connectivity index (χ2n) is 3.44. The van der Waals surface area contributed by atoms with Crippen LogP contribution < -0.4 is 0 Å². The number of ether oxygens (including phenoxy) is 1. The Morgan fingerprint density at radius 1 is 1.43 bits per heavy atom. The molecule has 0 saturated heterocycles. The van der Waals surface area contributed by atoms with Crippen LogP contribution in [0.15, 0.2) is 0 Å². The van der Waals surface area contributed by atoms with Crippen molar-refractivity contribution < 1.29 is 19.7 Å². The third-order valence-electron chi connectivity index (χ3n) is 2.10. The molecule has 0 aromatic carbocycles. The van der Waals surface area contributed by atoms with Gasteiger partial charge in [0.15, 0.2) is 0 Å². The van der Waals surface area contributed by atoms with Gasteiger partial charge < -0.3 is 14.9 Å². The molecule has 0 bridgehead atoms. The number of hydrogen-bond acceptors (Lipinski definition) is 4. The zero-order valence-corrected chi connectivity index (χ0v) is 8.90. The molecule has 0 aliphatic heterocycles. The third-order valence-corrected chi connectivity index (χ3v) is 2.10. The van der Waals surface area contributed by atoms with E-state index in [-0.39, 0.29) is 12.5 Å². The number of aliphatic hydroxyl groups is 2. The van der Waals surface area contributed by atoms with Gasteiger partial charge in [-0.15, -0.1) is 0 Å². The van der Waals surface area contributed by atoms with Gasteiger partial charge in [-0.3, -0.25) is 4.79 Å². The predicted molar refractivity (Wildman–Crippen MR) is 52.5 cm³/mol. The Bertz CT molecular complexity index is 158. The lowest BCUT2D eigenvalue weighted by atomic mass is 10.0. The number of hydrogen-bond donors (Lipinski definition) is 2. The van der Waals surface area contributed by atoms with Gasteiger partial charge in [0.25, 0.3) is 0 Å². The average Bonchev–Trinajstić information content (AvgIpc) is 2.11. The van der Waals surface area contributed by atoms with Crippen LogP contribution in [-0.4, -0.2) is 29.1 Å². The van der Waals surface area contributed by atoms with Crippen molar-refractivity contribution >= 4 is 5.97 Å². The molecule has 0 radical (unpaired) electrons. The fourth-order valence-electron chi connectivity index (χ4n) is 1.25. The van der Waals surface area contributed by atoms with E-state index in [9.17, 15) is 9.90 Å². The normalized spacial score (nSPS) is 14.9. The maximum Gasteiger partial charge on any atom is 0.304 e. The zero-order valence-electron chi connectivity index (χ0n) is 8.90. The quantitative estimate of drug-likeness (QED) is 0.369. The number of rotatable bonds is 7. The van der Waals surface area contributed by atoms with Gasteiger partial charge in [-0.2, -0.15) is 0 Å². The predicted octanol–water partition coefficient (Wildman–Crippen LogP) is 1.06. The summed E-state index contributed by atoms with van der Waals surface area (Å²) < 4.78 is 4.59. The Hall–Kier alpha value is -0.610. The smallest absolute Gasteiger partial charge is 0.304 e. The summed E-state index contributed by atoms with van der Waals surface area (Å²) in [5.74, 6) is -0.878. The minimum Gasteiger partial charge on any atom is -0.436 e. The van der Waals surface area contributed by atoms with Crippen LogP contribution in [0.5, 0.6) is 0 Å². The summed E-state index contributed by atoms with van der Waals surface area (Å²) in [4.78, 5) is 10.5. The number of carbonyl (C=O) groups excluding carboxylic acids is 1. The first kappa shape index (κ1) is 13.4. The molecule has 2 N–H and O–H groups in total. The molecule has 84 valence electrons. The molecular formula is C10H20O4. The number of aliphatic hydroxyl groups excluding tert-OH is 2. The Balaban J connectivity index is 3.80. The molecule has 0 aliphatic rings. The molecule has 0 spiro atoms. The zero-order chi connectivity index (χ0) is 11.0. The molecule has 0 aromatic heterocycles. The molecular weight excluding hydrogens is 184 g/mol. The van der Waals surface area contributed by atoms with Crippen molar-refractivity contribution in [2.75, 3.05) is 6.61 Å². The average molecular weight is 204 g/mol. The molecule has 0 fully saturated rings. The second kappa shape index (κ2) is 7.76. The van der Waals surface area contributed by atoms with E-state index in [0.717, 1.165) is 19.3 Å². The number of unbranched alkanes of at least 4 members (excludes halogenated alkanes) is 2. The molecule has 4 nitrogen and oxygen atoms in total. The van der Waals surface area contributed by atoms with Crippen molar-refractivity contribution in [2.45, 2.75) is 45.8 Å². The lowest BCUT2D eigenvalue weighted by Crippen LogP contribution is -2.28. The van der Waals surface area contributed by atoms with E-state index in [0.29, 0.717) is 6.42 Å². The van der Waals surface area contributed by atoms with Crippen LogP contribution in [0.2, 0.25) is 0 Å². The van der Waals surface area contributed by atoms with Crippen LogP contribution in [0.1, 0.15) is 39.5 Å². The fourth-order valence-corrected chi connectivity index (χ4v) is 1.25. The fraction of sp³-hybridized carbons (Fsp3) is 0.900. The van der Waals surface area contributed by atoms with Crippen LogP contribution in [0.3, 0.4) is 0 Å². The second-order valence-corrected chi connectivity index (χ2v) is 3.44. The molecule has 0 aromatic rings. The van der Waals surface area contributed by atoms with Gasteiger partial charge in [0.2, 0.25) is 6.29 Å². The van der Waals surface area contributed by atoms with Crippen LogP contribution >= 0.6 is 0 Å². The van der Waals surface area contributed by atoms with E-state index in [1.54, 1.807) is 0 Å². The molecule has 2 atom stereocenters. The molecule has 0 saturated carbocycles. The van der Waals surface area contributed by atoms with E-state index >= 15 is 0 Å². The van der Waals surface area contributed by atoms with E-state index in [1.165, 1.54) is 6.92 Å². The standard InChI is InChI=1S/C10H20O4/c1-3-4-5-6-9(7-11)10(13)14-8(2)12/h9-11,13H,3-7H2,1-2H3/t9-,10?/m0/s1. The summed E-state index contributed by atoms with van der Waals surface area (Å²) in [6.07, 6.45) is 2.58. The van der Waals surface area contributed by atoms with Gasteiger partial charge in [-0.25, -0.2) is 0 Å². The van der Waals surface area contributed by atoms with Crippen molar-refractivity contribution in [3.8, 4) is 0 Å².